The molecule has 0 aromatic rings. The van der Waals surface area contributed by atoms with E-state index in [1.165, 1.54) is 52.1 Å². The molecule has 1 saturated heterocycles. The zero-order valence-corrected chi connectivity index (χ0v) is 11.3. The van der Waals surface area contributed by atoms with Gasteiger partial charge in [-0.1, -0.05) is 26.7 Å². The molecule has 0 bridgehead atoms. The zero-order chi connectivity index (χ0) is 11.8. The summed E-state index contributed by atoms with van der Waals surface area (Å²) in [6.45, 7) is 13.1. The van der Waals surface area contributed by atoms with E-state index in [9.17, 15) is 0 Å². The van der Waals surface area contributed by atoms with Crippen LogP contribution in [0.2, 0.25) is 0 Å². The first kappa shape index (κ1) is 13.9. The van der Waals surface area contributed by atoms with Crippen LogP contribution in [0.4, 0.5) is 0 Å². The summed E-state index contributed by atoms with van der Waals surface area (Å²) in [5.74, 6) is 0.868. The van der Waals surface area contributed by atoms with Gasteiger partial charge in [0.25, 0.3) is 0 Å². The molecule has 96 valence electrons. The van der Waals surface area contributed by atoms with Gasteiger partial charge in [0.15, 0.2) is 0 Å². The quantitative estimate of drug-likeness (QED) is 0.661. The number of hydrogen-bond acceptors (Lipinski definition) is 3. The van der Waals surface area contributed by atoms with Crippen LogP contribution in [-0.4, -0.2) is 62.7 Å². The van der Waals surface area contributed by atoms with Crippen molar-refractivity contribution in [3.8, 4) is 0 Å². The highest BCUT2D eigenvalue weighted by Gasteiger charge is 2.12. The second-order valence-corrected chi connectivity index (χ2v) is 5.03. The molecule has 16 heavy (non-hydrogen) atoms. The summed E-state index contributed by atoms with van der Waals surface area (Å²) in [5, 5.41) is 3.59. The lowest BCUT2D eigenvalue weighted by Crippen LogP contribution is -2.46. The fourth-order valence-electron chi connectivity index (χ4n) is 2.19. The molecule has 0 spiro atoms. The molecule has 0 atom stereocenters. The van der Waals surface area contributed by atoms with Gasteiger partial charge in [-0.3, -0.25) is 4.90 Å². The van der Waals surface area contributed by atoms with Crippen molar-refractivity contribution in [1.82, 2.24) is 15.1 Å². The number of hydrogen-bond donors (Lipinski definition) is 1. The lowest BCUT2D eigenvalue weighted by atomic mass is 10.0. The van der Waals surface area contributed by atoms with E-state index in [2.05, 4.69) is 36.0 Å². The maximum absolute atomic E-state index is 3.59. The van der Waals surface area contributed by atoms with Gasteiger partial charge in [-0.05, 0) is 19.5 Å². The Hall–Kier alpha value is -0.120. The minimum Gasteiger partial charge on any atom is -0.315 e. The Labute approximate surface area is 101 Å². The second-order valence-electron chi connectivity index (χ2n) is 5.03. The molecule has 1 aliphatic heterocycles. The normalized spacial score (nSPS) is 19.5. The molecule has 0 radical (unpaired) electrons. The average Bonchev–Trinajstić information content (AvgIpc) is 2.32. The van der Waals surface area contributed by atoms with Gasteiger partial charge in [-0.25, -0.2) is 0 Å². The second kappa shape index (κ2) is 8.04. The summed E-state index contributed by atoms with van der Waals surface area (Å²) in [7, 11) is 2.21. The Bertz CT molecular complexity index is 161. The summed E-state index contributed by atoms with van der Waals surface area (Å²) in [5.41, 5.74) is 0. The Kier molecular flexibility index (Phi) is 7.01. The fourth-order valence-corrected chi connectivity index (χ4v) is 2.19. The van der Waals surface area contributed by atoms with Crippen molar-refractivity contribution in [2.24, 2.45) is 5.92 Å². The van der Waals surface area contributed by atoms with Crippen molar-refractivity contribution in [1.29, 1.82) is 0 Å². The van der Waals surface area contributed by atoms with Crippen LogP contribution >= 0.6 is 0 Å². The predicted octanol–water partition coefficient (Wildman–Crippen LogP) is 1.26. The minimum absolute atomic E-state index is 0.868. The van der Waals surface area contributed by atoms with Crippen LogP contribution in [0, 0.1) is 5.92 Å². The van der Waals surface area contributed by atoms with Crippen LogP contribution in [0.1, 0.15) is 26.7 Å². The van der Waals surface area contributed by atoms with E-state index in [0.29, 0.717) is 0 Å². The van der Waals surface area contributed by atoms with Gasteiger partial charge in [0.05, 0.1) is 0 Å². The molecule has 1 heterocycles. The van der Waals surface area contributed by atoms with E-state index in [-0.39, 0.29) is 0 Å². The fraction of sp³-hybridized carbons (Fsp3) is 1.00. The topological polar surface area (TPSA) is 18.5 Å². The summed E-state index contributed by atoms with van der Waals surface area (Å²) in [6, 6.07) is 0. The van der Waals surface area contributed by atoms with Gasteiger partial charge in [0.1, 0.15) is 0 Å². The van der Waals surface area contributed by atoms with Crippen LogP contribution in [0.5, 0.6) is 0 Å². The van der Waals surface area contributed by atoms with E-state index < -0.39 is 0 Å². The Morgan fingerprint density at radius 1 is 1.06 bits per heavy atom. The number of likely N-dealkylation sites (N-methyl/N-ethyl adjacent to an activating group) is 1. The number of piperazine rings is 1. The predicted molar refractivity (Wildman–Crippen MR) is 70.9 cm³/mol. The highest BCUT2D eigenvalue weighted by atomic mass is 15.2. The third kappa shape index (κ3) is 5.28. The van der Waals surface area contributed by atoms with Crippen molar-refractivity contribution in [3.63, 3.8) is 0 Å². The molecular weight excluding hydrogens is 198 g/mol. The van der Waals surface area contributed by atoms with Crippen molar-refractivity contribution in [2.75, 3.05) is 52.9 Å². The van der Waals surface area contributed by atoms with Gasteiger partial charge in [-0.2, -0.15) is 0 Å². The maximum Gasteiger partial charge on any atom is 0.0110 e. The van der Waals surface area contributed by atoms with Crippen molar-refractivity contribution in [3.05, 3.63) is 0 Å². The molecule has 1 aliphatic rings. The smallest absolute Gasteiger partial charge is 0.0110 e. The van der Waals surface area contributed by atoms with Crippen LogP contribution < -0.4 is 5.32 Å². The number of nitrogens with one attached hydrogen (secondary N) is 1. The lowest BCUT2D eigenvalue weighted by molar-refractivity contribution is 0.154. The third-order valence-corrected chi connectivity index (χ3v) is 3.79. The van der Waals surface area contributed by atoms with E-state index in [1.807, 2.05) is 0 Å². The first-order valence-corrected chi connectivity index (χ1v) is 6.87. The largest absolute Gasteiger partial charge is 0.315 e. The lowest BCUT2D eigenvalue weighted by Gasteiger charge is -2.32. The van der Waals surface area contributed by atoms with Crippen LogP contribution in [0.15, 0.2) is 0 Å². The molecule has 0 aromatic heterocycles. The molecular formula is C13H29N3. The Balaban J connectivity index is 1.98. The zero-order valence-electron chi connectivity index (χ0n) is 11.3. The van der Waals surface area contributed by atoms with Crippen LogP contribution in [0.3, 0.4) is 0 Å². The standard InChI is InChI=1S/C13H29N3/c1-4-13(5-2)12-14-6-7-16-10-8-15(3)9-11-16/h13-14H,4-12H2,1-3H3. The molecule has 3 heteroatoms. The first-order chi connectivity index (χ1) is 7.76. The van der Waals surface area contributed by atoms with Crippen LogP contribution in [-0.2, 0) is 0 Å². The molecule has 0 saturated carbocycles. The monoisotopic (exact) mass is 227 g/mol. The van der Waals surface area contributed by atoms with E-state index >= 15 is 0 Å². The van der Waals surface area contributed by atoms with Gasteiger partial charge < -0.3 is 10.2 Å². The van der Waals surface area contributed by atoms with E-state index in [0.717, 1.165) is 12.5 Å². The summed E-state index contributed by atoms with van der Waals surface area (Å²) < 4.78 is 0. The van der Waals surface area contributed by atoms with E-state index in [4.69, 9.17) is 0 Å². The Morgan fingerprint density at radius 3 is 2.25 bits per heavy atom. The highest BCUT2D eigenvalue weighted by molar-refractivity contribution is 4.70. The number of nitrogens with zero attached hydrogens (tertiary/aromatic N) is 2. The summed E-state index contributed by atoms with van der Waals surface area (Å²) in [4.78, 5) is 4.98. The minimum atomic E-state index is 0.868. The first-order valence-electron chi connectivity index (χ1n) is 6.87. The van der Waals surface area contributed by atoms with E-state index in [1.54, 1.807) is 0 Å². The Morgan fingerprint density at radius 2 is 1.69 bits per heavy atom. The third-order valence-electron chi connectivity index (χ3n) is 3.79. The highest BCUT2D eigenvalue weighted by Crippen LogP contribution is 2.04. The van der Waals surface area contributed by atoms with Gasteiger partial charge in [0, 0.05) is 39.3 Å². The van der Waals surface area contributed by atoms with Crippen LogP contribution in [0.25, 0.3) is 0 Å². The van der Waals surface area contributed by atoms with Crippen molar-refractivity contribution < 1.29 is 0 Å². The van der Waals surface area contributed by atoms with Gasteiger partial charge in [0.2, 0.25) is 0 Å². The average molecular weight is 227 g/mol. The SMILES string of the molecule is CCC(CC)CNCCN1CCN(C)CC1. The van der Waals surface area contributed by atoms with Crippen molar-refractivity contribution >= 4 is 0 Å². The summed E-state index contributed by atoms with van der Waals surface area (Å²) in [6.07, 6.45) is 2.61. The molecule has 1 rings (SSSR count). The molecule has 0 unspecified atom stereocenters. The molecule has 3 nitrogen and oxygen atoms in total. The molecule has 0 aromatic carbocycles. The number of rotatable bonds is 7. The van der Waals surface area contributed by atoms with Gasteiger partial charge in [-0.15, -0.1) is 0 Å². The van der Waals surface area contributed by atoms with Gasteiger partial charge >= 0.3 is 0 Å². The molecule has 1 fully saturated rings. The van der Waals surface area contributed by atoms with Crippen molar-refractivity contribution in [2.45, 2.75) is 26.7 Å². The molecule has 0 aliphatic carbocycles. The molecule has 1 N–H and O–H groups in total. The maximum atomic E-state index is 3.59. The summed E-state index contributed by atoms with van der Waals surface area (Å²) >= 11 is 0. The molecule has 0 amide bonds.